The molecule has 194 valence electrons. The molecule has 2 aliphatic heterocycles. The van der Waals surface area contributed by atoms with Crippen molar-refractivity contribution < 1.29 is 18.0 Å². The lowest BCUT2D eigenvalue weighted by Gasteiger charge is -2.41. The highest BCUT2D eigenvalue weighted by molar-refractivity contribution is 5.79. The number of halogens is 3. The zero-order chi connectivity index (χ0) is 25.1. The average molecular weight is 499 g/mol. The summed E-state index contributed by atoms with van der Waals surface area (Å²) in [5.74, 6) is 0.690. The predicted molar refractivity (Wildman–Crippen MR) is 136 cm³/mol. The van der Waals surface area contributed by atoms with E-state index in [9.17, 15) is 18.0 Å². The van der Waals surface area contributed by atoms with Crippen LogP contribution in [0.5, 0.6) is 0 Å². The fourth-order valence-electron chi connectivity index (χ4n) is 6.57. The second kappa shape index (κ2) is 11.0. The summed E-state index contributed by atoms with van der Waals surface area (Å²) >= 11 is 0. The number of hydrogen-bond donors (Lipinski definition) is 0. The highest BCUT2D eigenvalue weighted by Crippen LogP contribution is 2.37. The monoisotopic (exact) mass is 498 g/mol. The Morgan fingerprint density at radius 1 is 0.889 bits per heavy atom. The zero-order valence-corrected chi connectivity index (χ0v) is 21.0. The van der Waals surface area contributed by atoms with Crippen molar-refractivity contribution in [2.24, 2.45) is 5.92 Å². The highest BCUT2D eigenvalue weighted by Gasteiger charge is 2.35. The number of rotatable bonds is 5. The fourth-order valence-corrected chi connectivity index (χ4v) is 6.57. The van der Waals surface area contributed by atoms with Crippen LogP contribution in [0.25, 0.3) is 0 Å². The summed E-state index contributed by atoms with van der Waals surface area (Å²) in [5.41, 5.74) is 2.90. The van der Waals surface area contributed by atoms with Crippen LogP contribution in [0.15, 0.2) is 48.5 Å². The van der Waals surface area contributed by atoms with Crippen LogP contribution in [0.3, 0.4) is 0 Å². The van der Waals surface area contributed by atoms with Crippen molar-refractivity contribution in [3.05, 3.63) is 70.8 Å². The molecule has 3 aliphatic rings. The molecule has 1 saturated heterocycles. The topological polar surface area (TPSA) is 23.6 Å². The number of carbonyl (C=O) groups is 1. The fraction of sp³-hybridized carbons (Fsp3) is 0.567. The molecule has 1 unspecified atom stereocenters. The van der Waals surface area contributed by atoms with Crippen molar-refractivity contribution >= 4 is 5.91 Å². The molecule has 5 rings (SSSR count). The third kappa shape index (κ3) is 5.64. The van der Waals surface area contributed by atoms with Gasteiger partial charge in [0.25, 0.3) is 0 Å². The predicted octanol–water partition coefficient (Wildman–Crippen LogP) is 6.98. The Morgan fingerprint density at radius 3 is 2.39 bits per heavy atom. The number of fused-ring (bicyclic) bond motifs is 1. The van der Waals surface area contributed by atoms with E-state index in [1.165, 1.54) is 29.7 Å². The van der Waals surface area contributed by atoms with E-state index in [0.29, 0.717) is 5.91 Å². The standard InChI is InChI=1S/C30H37F3N2O/c31-30(32,33)26-11-6-10-25(21-26)22-13-17-34(18-14-22)19-16-28-27-12-5-4-7-23(27)15-20-35(28)29(36)24-8-2-1-3-9-24/h4-7,10-12,21-22,24,28H,1-3,8-9,13-20H2. The summed E-state index contributed by atoms with van der Waals surface area (Å²) in [7, 11) is 0. The van der Waals surface area contributed by atoms with Crippen LogP contribution >= 0.6 is 0 Å². The van der Waals surface area contributed by atoms with Crippen molar-refractivity contribution in [3.63, 3.8) is 0 Å². The lowest BCUT2D eigenvalue weighted by atomic mass is 9.85. The molecule has 2 aromatic rings. The van der Waals surface area contributed by atoms with E-state index >= 15 is 0 Å². The van der Waals surface area contributed by atoms with Gasteiger partial charge in [-0.3, -0.25) is 4.79 Å². The van der Waals surface area contributed by atoms with Gasteiger partial charge in [-0.15, -0.1) is 0 Å². The number of hydrogen-bond acceptors (Lipinski definition) is 2. The molecule has 2 heterocycles. The summed E-state index contributed by atoms with van der Waals surface area (Å²) < 4.78 is 39.5. The van der Waals surface area contributed by atoms with Crippen molar-refractivity contribution in [2.45, 2.75) is 75.9 Å². The molecule has 36 heavy (non-hydrogen) atoms. The Labute approximate surface area is 212 Å². The van der Waals surface area contributed by atoms with Gasteiger partial charge in [-0.2, -0.15) is 13.2 Å². The number of benzene rings is 2. The van der Waals surface area contributed by atoms with Gasteiger partial charge in [0, 0.05) is 19.0 Å². The largest absolute Gasteiger partial charge is 0.416 e. The first-order valence-corrected chi connectivity index (χ1v) is 13.7. The smallest absolute Gasteiger partial charge is 0.335 e. The van der Waals surface area contributed by atoms with Gasteiger partial charge in [0.1, 0.15) is 0 Å². The number of alkyl halides is 3. The minimum absolute atomic E-state index is 0.116. The molecule has 2 aromatic carbocycles. The first-order chi connectivity index (χ1) is 17.4. The highest BCUT2D eigenvalue weighted by atomic mass is 19.4. The lowest BCUT2D eigenvalue weighted by Crippen LogP contribution is -2.45. The first kappa shape index (κ1) is 25.3. The van der Waals surface area contributed by atoms with Crippen LogP contribution < -0.4 is 0 Å². The van der Waals surface area contributed by atoms with Crippen molar-refractivity contribution in [2.75, 3.05) is 26.2 Å². The van der Waals surface area contributed by atoms with Gasteiger partial charge in [-0.1, -0.05) is 61.7 Å². The third-order valence-corrected chi connectivity index (χ3v) is 8.64. The molecule has 1 saturated carbocycles. The van der Waals surface area contributed by atoms with Crippen LogP contribution in [0.1, 0.15) is 85.6 Å². The van der Waals surface area contributed by atoms with Gasteiger partial charge in [-0.25, -0.2) is 0 Å². The molecular formula is C30H37F3N2O. The average Bonchev–Trinajstić information content (AvgIpc) is 2.91. The number of nitrogens with zero attached hydrogens (tertiary/aromatic N) is 2. The van der Waals surface area contributed by atoms with E-state index in [4.69, 9.17) is 0 Å². The van der Waals surface area contributed by atoms with Crippen LogP contribution in [0.2, 0.25) is 0 Å². The van der Waals surface area contributed by atoms with Crippen LogP contribution in [0, 0.1) is 5.92 Å². The Morgan fingerprint density at radius 2 is 1.64 bits per heavy atom. The van der Waals surface area contributed by atoms with Crippen LogP contribution in [-0.2, 0) is 17.4 Å². The molecule has 0 aromatic heterocycles. The zero-order valence-electron chi connectivity index (χ0n) is 21.0. The van der Waals surface area contributed by atoms with Crippen LogP contribution in [-0.4, -0.2) is 41.9 Å². The molecule has 2 fully saturated rings. The summed E-state index contributed by atoms with van der Waals surface area (Å²) in [4.78, 5) is 18.2. The second-order valence-electron chi connectivity index (χ2n) is 10.9. The summed E-state index contributed by atoms with van der Waals surface area (Å²) in [5, 5.41) is 0. The third-order valence-electron chi connectivity index (χ3n) is 8.64. The SMILES string of the molecule is O=C(C1CCCCC1)N1CCc2ccccc2C1CCN1CCC(c2cccc(C(F)(F)F)c2)CC1. The van der Waals surface area contributed by atoms with Crippen molar-refractivity contribution in [1.29, 1.82) is 0 Å². The molecule has 6 heteroatoms. The van der Waals surface area contributed by atoms with Gasteiger partial charge in [-0.05, 0) is 80.3 Å². The maximum atomic E-state index is 13.6. The number of carbonyl (C=O) groups excluding carboxylic acids is 1. The molecule has 0 bridgehead atoms. The van der Waals surface area contributed by atoms with E-state index in [1.807, 2.05) is 6.07 Å². The van der Waals surface area contributed by atoms with Gasteiger partial charge >= 0.3 is 6.18 Å². The molecule has 1 atom stereocenters. The summed E-state index contributed by atoms with van der Waals surface area (Å²) in [6, 6.07) is 14.5. The Bertz CT molecular complexity index is 1040. The molecule has 1 amide bonds. The van der Waals surface area contributed by atoms with E-state index in [2.05, 4.69) is 34.1 Å². The number of amides is 1. The van der Waals surface area contributed by atoms with E-state index in [1.54, 1.807) is 0 Å². The first-order valence-electron chi connectivity index (χ1n) is 13.7. The minimum Gasteiger partial charge on any atom is -0.335 e. The Hall–Kier alpha value is -2.34. The minimum atomic E-state index is -4.30. The van der Waals surface area contributed by atoms with E-state index < -0.39 is 11.7 Å². The van der Waals surface area contributed by atoms with Crippen molar-refractivity contribution in [3.8, 4) is 0 Å². The molecule has 3 nitrogen and oxygen atoms in total. The van der Waals surface area contributed by atoms with E-state index in [0.717, 1.165) is 89.2 Å². The van der Waals surface area contributed by atoms with Gasteiger partial charge in [0.2, 0.25) is 5.91 Å². The molecule has 0 radical (unpaired) electrons. The molecular weight excluding hydrogens is 461 g/mol. The molecule has 1 aliphatic carbocycles. The molecule has 0 spiro atoms. The lowest BCUT2D eigenvalue weighted by molar-refractivity contribution is -0.140. The Balaban J connectivity index is 1.22. The van der Waals surface area contributed by atoms with Gasteiger partial charge < -0.3 is 9.80 Å². The maximum Gasteiger partial charge on any atom is 0.416 e. The maximum absolute atomic E-state index is 13.6. The second-order valence-corrected chi connectivity index (χ2v) is 10.9. The van der Waals surface area contributed by atoms with Gasteiger partial charge in [0.15, 0.2) is 0 Å². The summed E-state index contributed by atoms with van der Waals surface area (Å²) in [6.45, 7) is 3.47. The number of piperidine rings is 1. The summed E-state index contributed by atoms with van der Waals surface area (Å²) in [6.07, 6.45) is 4.87. The molecule has 0 N–H and O–H groups in total. The van der Waals surface area contributed by atoms with Gasteiger partial charge in [0.05, 0.1) is 11.6 Å². The van der Waals surface area contributed by atoms with Crippen LogP contribution in [0.4, 0.5) is 13.2 Å². The number of likely N-dealkylation sites (tertiary alicyclic amines) is 1. The van der Waals surface area contributed by atoms with Crippen molar-refractivity contribution in [1.82, 2.24) is 9.80 Å². The normalized spacial score (nSPS) is 22.4. The quantitative estimate of drug-likeness (QED) is 0.444. The van der Waals surface area contributed by atoms with E-state index in [-0.39, 0.29) is 17.9 Å². The Kier molecular flexibility index (Phi) is 7.71.